The first-order valence-corrected chi connectivity index (χ1v) is 8.97. The molecule has 1 fully saturated rings. The van der Waals surface area contributed by atoms with Crippen molar-refractivity contribution in [3.05, 3.63) is 53.5 Å². The highest BCUT2D eigenvalue weighted by Crippen LogP contribution is 2.34. The van der Waals surface area contributed by atoms with E-state index in [9.17, 15) is 9.90 Å². The molecule has 1 aromatic heterocycles. The molecule has 1 aliphatic heterocycles. The molecule has 1 saturated carbocycles. The summed E-state index contributed by atoms with van der Waals surface area (Å²) < 4.78 is 5.46. The Morgan fingerprint density at radius 2 is 2.16 bits per heavy atom. The normalized spacial score (nSPS) is 20.9. The number of furan rings is 1. The van der Waals surface area contributed by atoms with Crippen LogP contribution in [0.15, 0.2) is 41.0 Å². The predicted octanol–water partition coefficient (Wildman–Crippen LogP) is 2.88. The first kappa shape index (κ1) is 16.2. The Morgan fingerprint density at radius 3 is 2.92 bits per heavy atom. The number of nitrogens with zero attached hydrogens (tertiary/aromatic N) is 1. The van der Waals surface area contributed by atoms with Gasteiger partial charge in [-0.25, -0.2) is 0 Å². The van der Waals surface area contributed by atoms with Crippen molar-refractivity contribution in [2.75, 3.05) is 11.4 Å². The molecule has 1 aliphatic carbocycles. The minimum Gasteiger partial charge on any atom is -0.459 e. The lowest BCUT2D eigenvalue weighted by Crippen LogP contribution is -2.47. The van der Waals surface area contributed by atoms with Crippen molar-refractivity contribution >= 4 is 11.6 Å². The van der Waals surface area contributed by atoms with Crippen molar-refractivity contribution < 1.29 is 14.3 Å². The number of fused-ring (bicyclic) bond motifs is 1. The van der Waals surface area contributed by atoms with E-state index in [0.29, 0.717) is 18.3 Å². The van der Waals surface area contributed by atoms with Crippen molar-refractivity contribution in [2.24, 2.45) is 0 Å². The molecule has 1 atom stereocenters. The molecule has 25 heavy (non-hydrogen) atoms. The molecule has 0 bridgehead atoms. The quantitative estimate of drug-likeness (QED) is 0.878. The van der Waals surface area contributed by atoms with Gasteiger partial charge < -0.3 is 19.7 Å². The van der Waals surface area contributed by atoms with Crippen LogP contribution in [-0.2, 0) is 13.0 Å². The molecular formula is C20H24N2O3. The van der Waals surface area contributed by atoms with Crippen LogP contribution in [0.1, 0.15) is 47.9 Å². The van der Waals surface area contributed by atoms with Crippen LogP contribution >= 0.6 is 0 Å². The van der Waals surface area contributed by atoms with E-state index in [1.54, 1.807) is 6.26 Å². The van der Waals surface area contributed by atoms with Crippen LogP contribution in [0.4, 0.5) is 5.69 Å². The molecule has 0 spiro atoms. The fraction of sp³-hybridized carbons (Fsp3) is 0.450. The summed E-state index contributed by atoms with van der Waals surface area (Å²) >= 11 is 0. The number of para-hydroxylation sites is 1. The number of amides is 1. The zero-order valence-electron chi connectivity index (χ0n) is 14.5. The number of anilines is 1. The third kappa shape index (κ3) is 3.04. The smallest absolute Gasteiger partial charge is 0.287 e. The molecule has 2 aliphatic rings. The van der Waals surface area contributed by atoms with Gasteiger partial charge in [-0.15, -0.1) is 0 Å². The van der Waals surface area contributed by atoms with Crippen molar-refractivity contribution in [3.63, 3.8) is 0 Å². The minimum absolute atomic E-state index is 0.250. The summed E-state index contributed by atoms with van der Waals surface area (Å²) in [6.07, 6.45) is 5.10. The van der Waals surface area contributed by atoms with Gasteiger partial charge >= 0.3 is 0 Å². The number of carbonyl (C=O) groups excluding carboxylic acids is 1. The van der Waals surface area contributed by atoms with Crippen molar-refractivity contribution in [1.29, 1.82) is 0 Å². The maximum Gasteiger partial charge on any atom is 0.287 e. The summed E-state index contributed by atoms with van der Waals surface area (Å²) in [5.41, 5.74) is 2.72. The van der Waals surface area contributed by atoms with E-state index in [4.69, 9.17) is 4.42 Å². The topological polar surface area (TPSA) is 65.7 Å². The number of benzene rings is 1. The predicted molar refractivity (Wildman–Crippen MR) is 95.6 cm³/mol. The largest absolute Gasteiger partial charge is 0.459 e. The van der Waals surface area contributed by atoms with Crippen LogP contribution in [0.5, 0.6) is 0 Å². The summed E-state index contributed by atoms with van der Waals surface area (Å²) in [6.45, 7) is 3.13. The van der Waals surface area contributed by atoms with E-state index in [1.165, 1.54) is 11.3 Å². The van der Waals surface area contributed by atoms with Crippen LogP contribution in [0, 0.1) is 0 Å². The highest BCUT2D eigenvalue weighted by atomic mass is 16.3. The number of rotatable bonds is 5. The third-order valence-corrected chi connectivity index (χ3v) is 5.50. The average molecular weight is 340 g/mol. The molecule has 1 unspecified atom stereocenters. The average Bonchev–Trinajstić information content (AvgIpc) is 3.16. The lowest BCUT2D eigenvalue weighted by molar-refractivity contribution is -0.0302. The molecule has 132 valence electrons. The second-order valence-corrected chi connectivity index (χ2v) is 7.35. The van der Waals surface area contributed by atoms with Crippen LogP contribution in [0.3, 0.4) is 0 Å². The van der Waals surface area contributed by atoms with Gasteiger partial charge in [-0.05, 0) is 50.3 Å². The maximum absolute atomic E-state index is 12.5. The van der Waals surface area contributed by atoms with E-state index in [-0.39, 0.29) is 12.5 Å². The van der Waals surface area contributed by atoms with Gasteiger partial charge in [0.1, 0.15) is 0 Å². The van der Waals surface area contributed by atoms with Crippen LogP contribution in [-0.4, -0.2) is 29.2 Å². The Bertz CT molecular complexity index is 779. The molecular weight excluding hydrogens is 316 g/mol. The highest BCUT2D eigenvalue weighted by molar-refractivity contribution is 5.93. The summed E-state index contributed by atoms with van der Waals surface area (Å²) in [6, 6.07) is 10.7. The number of carbonyl (C=O) groups is 1. The van der Waals surface area contributed by atoms with Crippen LogP contribution in [0.25, 0.3) is 0 Å². The maximum atomic E-state index is 12.5. The standard InChI is InChI=1S/C20H24N2O3/c1-14-11-15-5-2-3-6-17(15)22(14)12-16-7-10-25-18(16)19(23)21-13-20(24)8-4-9-20/h2-3,5-7,10,14,24H,4,8-9,11-13H2,1H3,(H,21,23). The van der Waals surface area contributed by atoms with E-state index < -0.39 is 5.60 Å². The summed E-state index contributed by atoms with van der Waals surface area (Å²) in [5, 5.41) is 13.0. The van der Waals surface area contributed by atoms with E-state index >= 15 is 0 Å². The van der Waals surface area contributed by atoms with Crippen LogP contribution < -0.4 is 10.2 Å². The Morgan fingerprint density at radius 1 is 1.36 bits per heavy atom. The van der Waals surface area contributed by atoms with Gasteiger partial charge in [0, 0.05) is 30.4 Å². The fourth-order valence-electron chi connectivity index (χ4n) is 3.80. The second-order valence-electron chi connectivity index (χ2n) is 7.35. The summed E-state index contributed by atoms with van der Waals surface area (Å²) in [5.74, 6) is 0.0972. The molecule has 1 aromatic carbocycles. The zero-order valence-corrected chi connectivity index (χ0v) is 14.5. The zero-order chi connectivity index (χ0) is 17.4. The van der Waals surface area contributed by atoms with E-state index in [1.807, 2.05) is 12.1 Å². The fourth-order valence-corrected chi connectivity index (χ4v) is 3.80. The Kier molecular flexibility index (Phi) is 4.04. The van der Waals surface area contributed by atoms with Crippen molar-refractivity contribution in [1.82, 2.24) is 5.32 Å². The molecule has 5 nitrogen and oxygen atoms in total. The first-order valence-electron chi connectivity index (χ1n) is 8.97. The number of hydrogen-bond acceptors (Lipinski definition) is 4. The summed E-state index contributed by atoms with van der Waals surface area (Å²) in [4.78, 5) is 14.8. The minimum atomic E-state index is -0.731. The first-order chi connectivity index (χ1) is 12.1. The van der Waals surface area contributed by atoms with Gasteiger partial charge in [-0.1, -0.05) is 18.2 Å². The van der Waals surface area contributed by atoms with E-state index in [2.05, 4.69) is 35.3 Å². The SMILES string of the molecule is CC1Cc2ccccc2N1Cc1ccoc1C(=O)NCC1(O)CCC1. The van der Waals surface area contributed by atoms with Gasteiger partial charge in [-0.3, -0.25) is 4.79 Å². The molecule has 2 N–H and O–H groups in total. The van der Waals surface area contributed by atoms with Gasteiger partial charge in [0.25, 0.3) is 5.91 Å². The third-order valence-electron chi connectivity index (χ3n) is 5.50. The van der Waals surface area contributed by atoms with Gasteiger partial charge in [-0.2, -0.15) is 0 Å². The lowest BCUT2D eigenvalue weighted by atomic mass is 9.80. The monoisotopic (exact) mass is 340 g/mol. The molecule has 2 aromatic rings. The molecule has 2 heterocycles. The highest BCUT2D eigenvalue weighted by Gasteiger charge is 2.35. The Labute approximate surface area is 147 Å². The van der Waals surface area contributed by atoms with Gasteiger partial charge in [0.2, 0.25) is 0 Å². The number of hydrogen-bond donors (Lipinski definition) is 2. The number of nitrogens with one attached hydrogen (secondary N) is 1. The Balaban J connectivity index is 1.47. The second kappa shape index (κ2) is 6.23. The van der Waals surface area contributed by atoms with Crippen molar-refractivity contribution in [2.45, 2.75) is 50.8 Å². The summed E-state index contributed by atoms with van der Waals surface area (Å²) in [7, 11) is 0. The van der Waals surface area contributed by atoms with Crippen LogP contribution in [0.2, 0.25) is 0 Å². The molecule has 1 amide bonds. The lowest BCUT2D eigenvalue weighted by Gasteiger charge is -2.36. The Hall–Kier alpha value is -2.27. The van der Waals surface area contributed by atoms with E-state index in [0.717, 1.165) is 31.2 Å². The van der Waals surface area contributed by atoms with Gasteiger partial charge in [0.15, 0.2) is 5.76 Å². The number of aliphatic hydroxyl groups is 1. The van der Waals surface area contributed by atoms with Gasteiger partial charge in [0.05, 0.1) is 11.9 Å². The molecule has 0 radical (unpaired) electrons. The molecule has 4 rings (SSSR count). The van der Waals surface area contributed by atoms with Crippen molar-refractivity contribution in [3.8, 4) is 0 Å². The molecule has 5 heteroatoms. The molecule has 0 saturated heterocycles.